The van der Waals surface area contributed by atoms with Crippen LogP contribution in [0.3, 0.4) is 0 Å². The molecule has 2 aromatic rings. The molecule has 0 aliphatic heterocycles. The van der Waals surface area contributed by atoms with Crippen LogP contribution in [0.5, 0.6) is 0 Å². The number of hydrogen-bond donors (Lipinski definition) is 0. The molecule has 0 aliphatic carbocycles. The summed E-state index contributed by atoms with van der Waals surface area (Å²) in [6, 6.07) is 0. The molecular weight excluding hydrogens is 128 g/mol. The Labute approximate surface area is 57.5 Å². The number of rotatable bonds is 0. The van der Waals surface area contributed by atoms with E-state index in [1.807, 2.05) is 6.92 Å². The van der Waals surface area contributed by atoms with Crippen molar-refractivity contribution in [1.82, 2.24) is 19.6 Å². The fourth-order valence-corrected chi connectivity index (χ4v) is 0.863. The molecule has 0 radical (unpaired) electrons. The van der Waals surface area contributed by atoms with Crippen molar-refractivity contribution in [3.05, 3.63) is 24.4 Å². The Balaban J connectivity index is 2.93. The van der Waals surface area contributed by atoms with Crippen molar-refractivity contribution in [2.75, 3.05) is 0 Å². The van der Waals surface area contributed by atoms with Crippen LogP contribution < -0.4 is 0 Å². The minimum Gasteiger partial charge on any atom is -0.238 e. The van der Waals surface area contributed by atoms with E-state index in [9.17, 15) is 0 Å². The summed E-state index contributed by atoms with van der Waals surface area (Å²) < 4.78 is 1.69. The van der Waals surface area contributed by atoms with Crippen LogP contribution >= 0.6 is 0 Å². The molecule has 0 N–H and O–H groups in total. The standard InChI is InChI=1S/C6H6N4/c1-5-8-4-6-7-2-3-9-10(5)6/h2-4H,1H3. The first-order valence-corrected chi connectivity index (χ1v) is 2.99. The number of aromatic nitrogens is 4. The molecule has 4 heteroatoms. The SMILES string of the molecule is Cc1ncc2nccnn12. The van der Waals surface area contributed by atoms with E-state index in [1.165, 1.54) is 0 Å². The summed E-state index contributed by atoms with van der Waals surface area (Å²) in [4.78, 5) is 8.07. The molecule has 2 heterocycles. The summed E-state index contributed by atoms with van der Waals surface area (Å²) in [7, 11) is 0. The average molecular weight is 134 g/mol. The third kappa shape index (κ3) is 0.586. The Hall–Kier alpha value is -1.45. The van der Waals surface area contributed by atoms with Gasteiger partial charge in [-0.05, 0) is 6.92 Å². The maximum absolute atomic E-state index is 4.04. The highest BCUT2D eigenvalue weighted by Crippen LogP contribution is 1.97. The second kappa shape index (κ2) is 1.76. The van der Waals surface area contributed by atoms with E-state index in [0.29, 0.717) is 0 Å². The Morgan fingerprint density at radius 3 is 3.00 bits per heavy atom. The van der Waals surface area contributed by atoms with Gasteiger partial charge in [0.2, 0.25) is 0 Å². The van der Waals surface area contributed by atoms with Gasteiger partial charge in [-0.3, -0.25) is 0 Å². The Morgan fingerprint density at radius 2 is 2.20 bits per heavy atom. The van der Waals surface area contributed by atoms with Gasteiger partial charge in [0, 0.05) is 6.20 Å². The van der Waals surface area contributed by atoms with Gasteiger partial charge in [0.1, 0.15) is 5.82 Å². The molecule has 0 fully saturated rings. The number of fused-ring (bicyclic) bond motifs is 1. The highest BCUT2D eigenvalue weighted by atomic mass is 15.3. The monoisotopic (exact) mass is 134 g/mol. The summed E-state index contributed by atoms with van der Waals surface area (Å²) in [5.41, 5.74) is 0.792. The third-order valence-corrected chi connectivity index (χ3v) is 1.35. The van der Waals surface area contributed by atoms with Gasteiger partial charge in [-0.15, -0.1) is 0 Å². The molecule has 0 spiro atoms. The molecule has 4 nitrogen and oxygen atoms in total. The smallest absolute Gasteiger partial charge is 0.173 e. The normalized spacial score (nSPS) is 10.5. The number of nitrogens with zero attached hydrogens (tertiary/aromatic N) is 4. The Morgan fingerprint density at radius 1 is 1.30 bits per heavy atom. The zero-order valence-electron chi connectivity index (χ0n) is 5.52. The molecule has 2 aromatic heterocycles. The molecule has 50 valence electrons. The maximum Gasteiger partial charge on any atom is 0.173 e. The van der Waals surface area contributed by atoms with Crippen LogP contribution in [-0.2, 0) is 0 Å². The molecular formula is C6H6N4. The van der Waals surface area contributed by atoms with Crippen molar-refractivity contribution >= 4 is 5.65 Å². The van der Waals surface area contributed by atoms with Crippen LogP contribution in [0.25, 0.3) is 5.65 Å². The van der Waals surface area contributed by atoms with Crippen molar-refractivity contribution in [1.29, 1.82) is 0 Å². The molecule has 10 heavy (non-hydrogen) atoms. The zero-order valence-corrected chi connectivity index (χ0v) is 5.52. The lowest BCUT2D eigenvalue weighted by Crippen LogP contribution is -1.93. The summed E-state index contributed by atoms with van der Waals surface area (Å²) in [6.45, 7) is 1.89. The van der Waals surface area contributed by atoms with Crippen LogP contribution in [0.1, 0.15) is 5.82 Å². The number of hydrogen-bond acceptors (Lipinski definition) is 3. The van der Waals surface area contributed by atoms with Gasteiger partial charge in [-0.2, -0.15) is 9.61 Å². The van der Waals surface area contributed by atoms with Crippen molar-refractivity contribution in [3.8, 4) is 0 Å². The van der Waals surface area contributed by atoms with E-state index in [4.69, 9.17) is 0 Å². The van der Waals surface area contributed by atoms with E-state index in [0.717, 1.165) is 11.5 Å². The van der Waals surface area contributed by atoms with Gasteiger partial charge < -0.3 is 0 Å². The van der Waals surface area contributed by atoms with Crippen LogP contribution in [-0.4, -0.2) is 19.6 Å². The van der Waals surface area contributed by atoms with Gasteiger partial charge >= 0.3 is 0 Å². The minimum absolute atomic E-state index is 0.792. The van der Waals surface area contributed by atoms with Crippen molar-refractivity contribution in [2.45, 2.75) is 6.92 Å². The first-order chi connectivity index (χ1) is 4.88. The molecule has 0 saturated carbocycles. The summed E-state index contributed by atoms with van der Waals surface area (Å²) >= 11 is 0. The third-order valence-electron chi connectivity index (χ3n) is 1.35. The molecule has 0 aromatic carbocycles. The van der Waals surface area contributed by atoms with Crippen molar-refractivity contribution in [2.24, 2.45) is 0 Å². The predicted octanol–water partition coefficient (Wildman–Crippen LogP) is 0.433. The highest BCUT2D eigenvalue weighted by molar-refractivity contribution is 5.33. The molecule has 0 amide bonds. The summed E-state index contributed by atoms with van der Waals surface area (Å²) in [6.07, 6.45) is 4.99. The van der Waals surface area contributed by atoms with E-state index in [-0.39, 0.29) is 0 Å². The van der Waals surface area contributed by atoms with Gasteiger partial charge in [-0.25, -0.2) is 9.97 Å². The molecule has 0 aliphatic rings. The van der Waals surface area contributed by atoms with E-state index in [1.54, 1.807) is 23.1 Å². The second-order valence-corrected chi connectivity index (χ2v) is 2.02. The molecule has 0 bridgehead atoms. The number of aryl methyl sites for hydroxylation is 1. The Kier molecular flexibility index (Phi) is 0.943. The van der Waals surface area contributed by atoms with Gasteiger partial charge in [0.15, 0.2) is 5.65 Å². The maximum atomic E-state index is 4.04. The van der Waals surface area contributed by atoms with Crippen LogP contribution in [0.2, 0.25) is 0 Å². The highest BCUT2D eigenvalue weighted by Gasteiger charge is 1.96. The average Bonchev–Trinajstić information content (AvgIpc) is 2.34. The lowest BCUT2D eigenvalue weighted by molar-refractivity contribution is 0.857. The van der Waals surface area contributed by atoms with Gasteiger partial charge in [-0.1, -0.05) is 0 Å². The van der Waals surface area contributed by atoms with Gasteiger partial charge in [0.25, 0.3) is 0 Å². The fraction of sp³-hybridized carbons (Fsp3) is 0.167. The second-order valence-electron chi connectivity index (χ2n) is 2.02. The first kappa shape index (κ1) is 5.34. The quantitative estimate of drug-likeness (QED) is 0.524. The minimum atomic E-state index is 0.792. The molecule has 2 rings (SSSR count). The predicted molar refractivity (Wildman–Crippen MR) is 35.5 cm³/mol. The van der Waals surface area contributed by atoms with Crippen LogP contribution in [0, 0.1) is 6.92 Å². The van der Waals surface area contributed by atoms with E-state index in [2.05, 4.69) is 15.1 Å². The Bertz CT molecular complexity index is 351. The molecule has 0 unspecified atom stereocenters. The largest absolute Gasteiger partial charge is 0.238 e. The number of imidazole rings is 1. The summed E-state index contributed by atoms with van der Waals surface area (Å²) in [5.74, 6) is 0.864. The first-order valence-electron chi connectivity index (χ1n) is 2.99. The van der Waals surface area contributed by atoms with Crippen molar-refractivity contribution < 1.29 is 0 Å². The summed E-state index contributed by atoms with van der Waals surface area (Å²) in [5, 5.41) is 4.03. The van der Waals surface area contributed by atoms with E-state index < -0.39 is 0 Å². The molecule has 0 saturated heterocycles. The van der Waals surface area contributed by atoms with E-state index >= 15 is 0 Å². The van der Waals surface area contributed by atoms with Crippen LogP contribution in [0.15, 0.2) is 18.6 Å². The van der Waals surface area contributed by atoms with Crippen LogP contribution in [0.4, 0.5) is 0 Å². The fourth-order valence-electron chi connectivity index (χ4n) is 0.863. The molecule has 0 atom stereocenters. The topological polar surface area (TPSA) is 43.1 Å². The van der Waals surface area contributed by atoms with Crippen molar-refractivity contribution in [3.63, 3.8) is 0 Å². The lowest BCUT2D eigenvalue weighted by atomic mass is 10.7. The lowest BCUT2D eigenvalue weighted by Gasteiger charge is -1.89. The zero-order chi connectivity index (χ0) is 6.97. The van der Waals surface area contributed by atoms with Gasteiger partial charge in [0.05, 0.1) is 12.4 Å².